The van der Waals surface area contributed by atoms with Crippen molar-refractivity contribution in [3.8, 4) is 0 Å². The van der Waals surface area contributed by atoms with Crippen LogP contribution in [-0.4, -0.2) is 20.6 Å². The summed E-state index contributed by atoms with van der Waals surface area (Å²) in [4.78, 5) is 0. The van der Waals surface area contributed by atoms with Crippen LogP contribution in [0.4, 0.5) is 35.1 Å². The number of hydrogen-bond donors (Lipinski definition) is 0. The normalized spacial score (nSPS) is 19.3. The monoisotopic (exact) mass is 406 g/mol. The quantitative estimate of drug-likeness (QED) is 0.365. The lowest BCUT2D eigenvalue weighted by Crippen LogP contribution is -2.57. The fourth-order valence-electron chi connectivity index (χ4n) is 0.356. The van der Waals surface area contributed by atoms with Gasteiger partial charge in [0.25, 0.3) is 0 Å². The van der Waals surface area contributed by atoms with Crippen LogP contribution in [0.15, 0.2) is 0 Å². The van der Waals surface area contributed by atoms with Crippen molar-refractivity contribution in [3.05, 3.63) is 0 Å². The maximum absolute atomic E-state index is 12.4. The van der Waals surface area contributed by atoms with Crippen molar-refractivity contribution < 1.29 is 35.1 Å². The molecular formula is C4BrF8I. The molecule has 0 radical (unpaired) electrons. The van der Waals surface area contributed by atoms with Crippen LogP contribution >= 0.6 is 38.5 Å². The third kappa shape index (κ3) is 2.25. The summed E-state index contributed by atoms with van der Waals surface area (Å²) in [6, 6.07) is 0. The molecule has 0 aliphatic rings. The summed E-state index contributed by atoms with van der Waals surface area (Å²) >= 11 is 0.665. The van der Waals surface area contributed by atoms with Gasteiger partial charge in [-0.3, -0.25) is 0 Å². The number of hydrogen-bond acceptors (Lipinski definition) is 0. The Hall–Kier alpha value is 0.650. The summed E-state index contributed by atoms with van der Waals surface area (Å²) < 4.78 is 85.3. The standard InChI is InChI=1S/C4BrF8I/c5-1(6,3(9,10)11)2(7,8)4(12,13)14. The van der Waals surface area contributed by atoms with E-state index in [0.717, 1.165) is 15.9 Å². The molecule has 1 atom stereocenters. The molecular weight excluding hydrogens is 407 g/mol. The molecule has 0 spiro atoms. The van der Waals surface area contributed by atoms with Gasteiger partial charge in [-0.05, 0) is 15.9 Å². The second-order valence-corrected chi connectivity index (χ2v) is 4.59. The van der Waals surface area contributed by atoms with Crippen LogP contribution in [-0.2, 0) is 0 Å². The Kier molecular flexibility index (Phi) is 3.76. The lowest BCUT2D eigenvalue weighted by atomic mass is 10.2. The second-order valence-electron chi connectivity index (χ2n) is 2.14. The van der Waals surface area contributed by atoms with Gasteiger partial charge in [0, 0.05) is 22.6 Å². The van der Waals surface area contributed by atoms with E-state index in [9.17, 15) is 35.1 Å². The van der Waals surface area contributed by atoms with Crippen molar-refractivity contribution >= 4 is 38.5 Å². The van der Waals surface area contributed by atoms with Crippen LogP contribution in [0.2, 0.25) is 0 Å². The van der Waals surface area contributed by atoms with Gasteiger partial charge in [0.2, 0.25) is 0 Å². The molecule has 0 aliphatic carbocycles. The zero-order valence-electron chi connectivity index (χ0n) is 5.78. The molecule has 86 valence electrons. The van der Waals surface area contributed by atoms with E-state index >= 15 is 0 Å². The molecule has 0 heterocycles. The average Bonchev–Trinajstić information content (AvgIpc) is 1.81. The van der Waals surface area contributed by atoms with Crippen molar-refractivity contribution in [1.29, 1.82) is 0 Å². The van der Waals surface area contributed by atoms with Gasteiger partial charge in [-0.25, -0.2) is 4.39 Å². The minimum Gasteiger partial charge on any atom is -0.214 e. The smallest absolute Gasteiger partial charge is 0.214 e. The van der Waals surface area contributed by atoms with Crippen LogP contribution in [0, 0.1) is 0 Å². The first kappa shape index (κ1) is 14.6. The Morgan fingerprint density at radius 3 is 1.14 bits per heavy atom. The Morgan fingerprint density at radius 1 is 0.786 bits per heavy atom. The average molecular weight is 407 g/mol. The zero-order valence-corrected chi connectivity index (χ0v) is 9.52. The SMILES string of the molecule is FC(F)(F)C(F)(Br)C(F)(F)C(F)(F)I. The Morgan fingerprint density at radius 2 is 1.07 bits per heavy atom. The lowest BCUT2D eigenvalue weighted by molar-refractivity contribution is -0.291. The van der Waals surface area contributed by atoms with Gasteiger partial charge in [-0.2, -0.15) is 30.7 Å². The fourth-order valence-corrected chi connectivity index (χ4v) is 1.35. The summed E-state index contributed by atoms with van der Waals surface area (Å²) in [6.45, 7) is 0. The van der Waals surface area contributed by atoms with Crippen molar-refractivity contribution in [2.24, 2.45) is 0 Å². The van der Waals surface area contributed by atoms with Crippen molar-refractivity contribution in [3.63, 3.8) is 0 Å². The molecule has 0 rings (SSSR count). The van der Waals surface area contributed by atoms with Crippen LogP contribution in [0.1, 0.15) is 0 Å². The largest absolute Gasteiger partial charge is 0.439 e. The first-order valence-electron chi connectivity index (χ1n) is 2.64. The summed E-state index contributed by atoms with van der Waals surface area (Å²) in [5, 5.41) is 0. The van der Waals surface area contributed by atoms with Gasteiger partial charge >= 0.3 is 20.6 Å². The Balaban J connectivity index is 5.30. The van der Waals surface area contributed by atoms with E-state index in [0.29, 0.717) is 0 Å². The van der Waals surface area contributed by atoms with E-state index in [1.165, 1.54) is 0 Å². The van der Waals surface area contributed by atoms with Gasteiger partial charge in [0.15, 0.2) is 0 Å². The molecule has 0 fully saturated rings. The van der Waals surface area contributed by atoms with Crippen LogP contribution < -0.4 is 0 Å². The van der Waals surface area contributed by atoms with E-state index in [1.54, 1.807) is 0 Å². The number of alkyl halides is 10. The van der Waals surface area contributed by atoms with Crippen LogP contribution in [0.3, 0.4) is 0 Å². The van der Waals surface area contributed by atoms with Gasteiger partial charge in [-0.1, -0.05) is 0 Å². The summed E-state index contributed by atoms with van der Waals surface area (Å²) in [6.07, 6.45) is -6.15. The highest BCUT2D eigenvalue weighted by Gasteiger charge is 2.78. The molecule has 0 nitrogen and oxygen atoms in total. The molecule has 0 saturated heterocycles. The van der Waals surface area contributed by atoms with Crippen molar-refractivity contribution in [1.82, 2.24) is 0 Å². The van der Waals surface area contributed by atoms with Crippen LogP contribution in [0.5, 0.6) is 0 Å². The van der Waals surface area contributed by atoms with E-state index < -0.39 is 20.6 Å². The highest BCUT2D eigenvalue weighted by Crippen LogP contribution is 2.57. The molecule has 0 saturated carbocycles. The van der Waals surface area contributed by atoms with E-state index in [1.807, 2.05) is 0 Å². The van der Waals surface area contributed by atoms with Crippen molar-refractivity contribution in [2.75, 3.05) is 0 Å². The Labute approximate surface area is 94.3 Å². The molecule has 0 aromatic heterocycles. The molecule has 14 heavy (non-hydrogen) atoms. The highest BCUT2D eigenvalue weighted by atomic mass is 127. The third-order valence-corrected chi connectivity index (χ3v) is 2.73. The van der Waals surface area contributed by atoms with Gasteiger partial charge in [0.1, 0.15) is 0 Å². The summed E-state index contributed by atoms with van der Waals surface area (Å²) in [5.74, 6) is -5.90. The van der Waals surface area contributed by atoms with Gasteiger partial charge in [0.05, 0.1) is 0 Å². The van der Waals surface area contributed by atoms with Gasteiger partial charge < -0.3 is 0 Å². The maximum Gasteiger partial charge on any atom is 0.439 e. The highest BCUT2D eigenvalue weighted by molar-refractivity contribution is 14.1. The molecule has 10 heteroatoms. The predicted molar refractivity (Wildman–Crippen MR) is 42.7 cm³/mol. The minimum atomic E-state index is -6.15. The maximum atomic E-state index is 12.4. The molecule has 0 aliphatic heterocycles. The molecule has 1 unspecified atom stereocenters. The molecule has 0 aromatic rings. The molecule has 0 N–H and O–H groups in total. The van der Waals surface area contributed by atoms with E-state index in [-0.39, 0.29) is 22.6 Å². The second kappa shape index (κ2) is 3.59. The topological polar surface area (TPSA) is 0 Å². The first-order valence-corrected chi connectivity index (χ1v) is 4.51. The predicted octanol–water partition coefficient (Wildman–Crippen LogP) is 4.27. The van der Waals surface area contributed by atoms with E-state index in [2.05, 4.69) is 0 Å². The van der Waals surface area contributed by atoms with E-state index in [4.69, 9.17) is 0 Å². The van der Waals surface area contributed by atoms with Crippen molar-refractivity contribution in [2.45, 2.75) is 20.6 Å². The molecule has 0 bridgehead atoms. The van der Waals surface area contributed by atoms with Crippen LogP contribution in [0.25, 0.3) is 0 Å². The minimum absolute atomic E-state index is 0.269. The molecule has 0 amide bonds. The summed E-state index contributed by atoms with van der Waals surface area (Å²) in [7, 11) is 0. The van der Waals surface area contributed by atoms with Gasteiger partial charge in [-0.15, -0.1) is 0 Å². The lowest BCUT2D eigenvalue weighted by Gasteiger charge is -2.32. The third-order valence-electron chi connectivity index (χ3n) is 1.11. The molecule has 0 aromatic carbocycles. The summed E-state index contributed by atoms with van der Waals surface area (Å²) in [5.41, 5.74) is 0. The fraction of sp³-hybridized carbons (Fsp3) is 1.00. The number of rotatable bonds is 2. The zero-order chi connectivity index (χ0) is 12.0. The number of halogens is 10. The Bertz CT molecular complexity index is 190. The first-order chi connectivity index (χ1) is 5.75.